The zero-order chi connectivity index (χ0) is 11.1. The van der Waals surface area contributed by atoms with Crippen LogP contribution in [0.4, 0.5) is 0 Å². The summed E-state index contributed by atoms with van der Waals surface area (Å²) in [5, 5.41) is 11.7. The van der Waals surface area contributed by atoms with Gasteiger partial charge in [-0.1, -0.05) is 30.3 Å². The highest BCUT2D eigenvalue weighted by Crippen LogP contribution is 2.02. The van der Waals surface area contributed by atoms with Gasteiger partial charge in [-0.2, -0.15) is 0 Å². The van der Waals surface area contributed by atoms with Crippen molar-refractivity contribution in [1.82, 2.24) is 5.32 Å². The molecule has 1 rings (SSSR count). The Morgan fingerprint density at radius 1 is 1.40 bits per heavy atom. The summed E-state index contributed by atoms with van der Waals surface area (Å²) in [4.78, 5) is 11.0. The van der Waals surface area contributed by atoms with Gasteiger partial charge in [0.1, 0.15) is 5.88 Å². The van der Waals surface area contributed by atoms with Gasteiger partial charge in [-0.05, 0) is 12.0 Å². The molecule has 0 bridgehead atoms. The molecule has 0 aliphatic carbocycles. The average molecular weight is 228 g/mol. The number of hydrogen-bond acceptors (Lipinski definition) is 2. The van der Waals surface area contributed by atoms with Crippen LogP contribution in [-0.2, 0) is 11.2 Å². The summed E-state index contributed by atoms with van der Waals surface area (Å²) in [7, 11) is 0. The van der Waals surface area contributed by atoms with E-state index in [1.165, 1.54) is 0 Å². The highest BCUT2D eigenvalue weighted by atomic mass is 35.5. The van der Waals surface area contributed by atoms with Crippen LogP contribution >= 0.6 is 11.6 Å². The van der Waals surface area contributed by atoms with Crippen molar-refractivity contribution in [2.24, 2.45) is 0 Å². The number of nitrogens with one attached hydrogen (secondary N) is 1. The fraction of sp³-hybridized carbons (Fsp3) is 0.364. The second kappa shape index (κ2) is 6.43. The Morgan fingerprint density at radius 2 is 2.07 bits per heavy atom. The third kappa shape index (κ3) is 4.32. The third-order valence-electron chi connectivity index (χ3n) is 2.03. The van der Waals surface area contributed by atoms with Crippen LogP contribution in [0.3, 0.4) is 0 Å². The highest BCUT2D eigenvalue weighted by molar-refractivity contribution is 6.27. The van der Waals surface area contributed by atoms with Crippen LogP contribution in [0, 0.1) is 0 Å². The number of carbonyl (C=O) groups is 1. The summed E-state index contributed by atoms with van der Waals surface area (Å²) in [6.45, 7) is -0.0858. The zero-order valence-electron chi connectivity index (χ0n) is 8.32. The lowest BCUT2D eigenvalue weighted by Gasteiger charge is -2.15. The fourth-order valence-electron chi connectivity index (χ4n) is 1.33. The minimum absolute atomic E-state index is 0.0781. The van der Waals surface area contributed by atoms with Crippen molar-refractivity contribution >= 4 is 17.5 Å². The Hall–Kier alpha value is -1.06. The minimum Gasteiger partial charge on any atom is -0.394 e. The van der Waals surface area contributed by atoms with Crippen molar-refractivity contribution in [2.45, 2.75) is 12.5 Å². The predicted octanol–water partition coefficient (Wildman–Crippen LogP) is 0.945. The molecule has 0 saturated carbocycles. The Balaban J connectivity index is 2.50. The molecule has 0 unspecified atom stereocenters. The molecule has 15 heavy (non-hydrogen) atoms. The van der Waals surface area contributed by atoms with E-state index in [1.807, 2.05) is 30.3 Å². The summed E-state index contributed by atoms with van der Waals surface area (Å²) in [5.74, 6) is -0.336. The van der Waals surface area contributed by atoms with Crippen molar-refractivity contribution < 1.29 is 9.90 Å². The summed E-state index contributed by atoms with van der Waals surface area (Å²) in [6, 6.07) is 9.42. The third-order valence-corrected chi connectivity index (χ3v) is 2.27. The van der Waals surface area contributed by atoms with Crippen LogP contribution in [-0.4, -0.2) is 29.5 Å². The van der Waals surface area contributed by atoms with E-state index in [0.29, 0.717) is 6.42 Å². The first-order valence-electron chi connectivity index (χ1n) is 4.76. The van der Waals surface area contributed by atoms with Gasteiger partial charge < -0.3 is 10.4 Å². The van der Waals surface area contributed by atoms with Crippen LogP contribution < -0.4 is 5.32 Å². The average Bonchev–Trinajstić information content (AvgIpc) is 2.29. The monoisotopic (exact) mass is 227 g/mol. The standard InChI is InChI=1S/C11H14ClNO2/c12-7-11(15)13-10(8-14)6-9-4-2-1-3-5-9/h1-5,10,14H,6-8H2,(H,13,15)/t10-/m1/s1. The zero-order valence-corrected chi connectivity index (χ0v) is 9.07. The number of rotatable bonds is 5. The van der Waals surface area contributed by atoms with Gasteiger partial charge in [-0.15, -0.1) is 11.6 Å². The van der Waals surface area contributed by atoms with Gasteiger partial charge in [-0.3, -0.25) is 4.79 Å². The van der Waals surface area contributed by atoms with Crippen molar-refractivity contribution in [3.63, 3.8) is 0 Å². The SMILES string of the molecule is O=C(CCl)N[C@@H](CO)Cc1ccccc1. The van der Waals surface area contributed by atoms with Crippen molar-refractivity contribution in [3.05, 3.63) is 35.9 Å². The number of benzene rings is 1. The van der Waals surface area contributed by atoms with E-state index in [9.17, 15) is 4.79 Å². The van der Waals surface area contributed by atoms with Crippen LogP contribution in [0.2, 0.25) is 0 Å². The van der Waals surface area contributed by atoms with Crippen LogP contribution in [0.15, 0.2) is 30.3 Å². The second-order valence-electron chi connectivity index (χ2n) is 3.27. The van der Waals surface area contributed by atoms with Crippen molar-refractivity contribution in [2.75, 3.05) is 12.5 Å². The van der Waals surface area contributed by atoms with Gasteiger partial charge in [0.05, 0.1) is 12.6 Å². The molecule has 0 radical (unpaired) electrons. The first kappa shape index (κ1) is 12.0. The van der Waals surface area contributed by atoms with Crippen LogP contribution in [0.1, 0.15) is 5.56 Å². The summed E-state index contributed by atoms with van der Waals surface area (Å²) >= 11 is 5.36. The summed E-state index contributed by atoms with van der Waals surface area (Å²) in [5.41, 5.74) is 1.08. The molecule has 0 heterocycles. The number of carbonyl (C=O) groups excluding carboxylic acids is 1. The van der Waals surface area contributed by atoms with Gasteiger partial charge in [-0.25, -0.2) is 0 Å². The first-order chi connectivity index (χ1) is 7.26. The van der Waals surface area contributed by atoms with Crippen LogP contribution in [0.5, 0.6) is 0 Å². The first-order valence-corrected chi connectivity index (χ1v) is 5.30. The van der Waals surface area contributed by atoms with E-state index < -0.39 is 0 Å². The quantitative estimate of drug-likeness (QED) is 0.736. The van der Waals surface area contributed by atoms with E-state index >= 15 is 0 Å². The molecule has 0 saturated heterocycles. The fourth-order valence-corrected chi connectivity index (χ4v) is 1.40. The molecule has 1 aromatic carbocycles. The van der Waals surface area contributed by atoms with Gasteiger partial charge >= 0.3 is 0 Å². The lowest BCUT2D eigenvalue weighted by atomic mass is 10.1. The maximum atomic E-state index is 11.0. The summed E-state index contributed by atoms with van der Waals surface area (Å²) < 4.78 is 0. The van der Waals surface area contributed by atoms with Gasteiger partial charge in [0.15, 0.2) is 0 Å². The lowest BCUT2D eigenvalue weighted by Crippen LogP contribution is -2.39. The van der Waals surface area contributed by atoms with Crippen molar-refractivity contribution in [3.8, 4) is 0 Å². The Morgan fingerprint density at radius 3 is 2.60 bits per heavy atom. The molecule has 0 aromatic heterocycles. The van der Waals surface area contributed by atoms with E-state index in [2.05, 4.69) is 5.32 Å². The number of aliphatic hydroxyl groups excluding tert-OH is 1. The summed E-state index contributed by atoms with van der Waals surface area (Å²) in [6.07, 6.45) is 0.611. The Kier molecular flexibility index (Phi) is 5.15. The lowest BCUT2D eigenvalue weighted by molar-refractivity contribution is -0.119. The van der Waals surface area contributed by atoms with Gasteiger partial charge in [0.2, 0.25) is 5.91 Å². The molecule has 4 heteroatoms. The topological polar surface area (TPSA) is 49.3 Å². The predicted molar refractivity (Wildman–Crippen MR) is 59.9 cm³/mol. The number of aliphatic hydroxyl groups is 1. The van der Waals surface area contributed by atoms with Gasteiger partial charge in [0.25, 0.3) is 0 Å². The molecule has 1 amide bonds. The molecular weight excluding hydrogens is 214 g/mol. The molecule has 0 fully saturated rings. The number of amides is 1. The van der Waals surface area contributed by atoms with Gasteiger partial charge in [0, 0.05) is 0 Å². The minimum atomic E-state index is -0.265. The van der Waals surface area contributed by atoms with E-state index in [4.69, 9.17) is 16.7 Å². The maximum Gasteiger partial charge on any atom is 0.235 e. The Bertz CT molecular complexity index is 303. The molecule has 0 aliphatic rings. The highest BCUT2D eigenvalue weighted by Gasteiger charge is 2.10. The normalized spacial score (nSPS) is 12.1. The number of halogens is 1. The number of alkyl halides is 1. The molecule has 2 N–H and O–H groups in total. The molecular formula is C11H14ClNO2. The largest absolute Gasteiger partial charge is 0.394 e. The second-order valence-corrected chi connectivity index (χ2v) is 3.54. The van der Waals surface area contributed by atoms with E-state index in [1.54, 1.807) is 0 Å². The maximum absolute atomic E-state index is 11.0. The molecule has 1 atom stereocenters. The molecule has 0 aliphatic heterocycles. The molecule has 82 valence electrons. The molecule has 3 nitrogen and oxygen atoms in total. The number of hydrogen-bond donors (Lipinski definition) is 2. The van der Waals surface area contributed by atoms with E-state index in [-0.39, 0.29) is 24.4 Å². The van der Waals surface area contributed by atoms with E-state index in [0.717, 1.165) is 5.56 Å². The van der Waals surface area contributed by atoms with Crippen molar-refractivity contribution in [1.29, 1.82) is 0 Å². The Labute approximate surface area is 94.1 Å². The smallest absolute Gasteiger partial charge is 0.235 e. The molecule has 0 spiro atoms. The van der Waals surface area contributed by atoms with Crippen LogP contribution in [0.25, 0.3) is 0 Å². The molecule has 1 aromatic rings.